The molecule has 3 aromatic rings. The first-order chi connectivity index (χ1) is 11.5. The number of aromatic nitrogens is 3. The van der Waals surface area contributed by atoms with Crippen molar-refractivity contribution in [1.82, 2.24) is 14.6 Å². The molecule has 0 aliphatic carbocycles. The third kappa shape index (κ3) is 2.95. The van der Waals surface area contributed by atoms with Crippen LogP contribution in [-0.2, 0) is 11.2 Å². The molecule has 0 bridgehead atoms. The molecule has 3 rings (SSSR count). The Labute approximate surface area is 147 Å². The smallest absolute Gasteiger partial charge is 0.343 e. The van der Waals surface area contributed by atoms with Crippen LogP contribution in [0.5, 0.6) is 0 Å². The van der Waals surface area contributed by atoms with Gasteiger partial charge < -0.3 is 4.74 Å². The average Bonchev–Trinajstić information content (AvgIpc) is 2.97. The van der Waals surface area contributed by atoms with Gasteiger partial charge in [-0.3, -0.25) is 0 Å². The summed E-state index contributed by atoms with van der Waals surface area (Å²) in [7, 11) is 0. The maximum atomic E-state index is 13.9. The summed E-state index contributed by atoms with van der Waals surface area (Å²) in [6.07, 6.45) is 1.47. The number of rotatable bonds is 4. The minimum absolute atomic E-state index is 0.0850. The Kier molecular flexibility index (Phi) is 4.69. The fourth-order valence-corrected chi connectivity index (χ4v) is 2.86. The molecule has 2 heterocycles. The quantitative estimate of drug-likeness (QED) is 0.517. The zero-order valence-electron chi connectivity index (χ0n) is 12.6. The molecule has 8 heteroatoms. The minimum Gasteiger partial charge on any atom is -0.462 e. The summed E-state index contributed by atoms with van der Waals surface area (Å²) in [5.74, 6) is -0.925. The second-order valence-electron chi connectivity index (χ2n) is 4.95. The molecule has 0 saturated heterocycles. The van der Waals surface area contributed by atoms with Crippen LogP contribution in [0, 0.1) is 5.82 Å². The number of halogens is 3. The van der Waals surface area contributed by atoms with E-state index in [4.69, 9.17) is 27.9 Å². The molecule has 0 saturated carbocycles. The maximum Gasteiger partial charge on any atom is 0.343 e. The van der Waals surface area contributed by atoms with Gasteiger partial charge in [-0.25, -0.2) is 18.7 Å². The number of nitrogens with zero attached hydrogens (tertiary/aromatic N) is 3. The Morgan fingerprint density at radius 1 is 1.33 bits per heavy atom. The van der Waals surface area contributed by atoms with E-state index < -0.39 is 5.97 Å². The third-order valence-electron chi connectivity index (χ3n) is 3.45. The first-order valence-electron chi connectivity index (χ1n) is 7.15. The molecule has 0 aliphatic heterocycles. The Morgan fingerprint density at radius 2 is 2.08 bits per heavy atom. The summed E-state index contributed by atoms with van der Waals surface area (Å²) in [4.78, 5) is 16.1. The standard InChI is InChI=1S/C16H12Cl2FN3O2/c1-2-24-16(23)11-8-20-22-14(18)10(13(17)21-15(11)22)7-9-5-3-4-6-12(9)19/h3-6,8H,2,7H2,1H3. The van der Waals surface area contributed by atoms with Crippen LogP contribution in [0.15, 0.2) is 30.5 Å². The largest absolute Gasteiger partial charge is 0.462 e. The number of benzene rings is 1. The molecule has 0 radical (unpaired) electrons. The summed E-state index contributed by atoms with van der Waals surface area (Å²) in [6, 6.07) is 6.32. The number of ether oxygens (including phenoxy) is 1. The third-order valence-corrected chi connectivity index (χ3v) is 4.15. The minimum atomic E-state index is -0.561. The zero-order chi connectivity index (χ0) is 17.3. The molecular formula is C16H12Cl2FN3O2. The number of hydrogen-bond acceptors (Lipinski definition) is 4. The second-order valence-corrected chi connectivity index (χ2v) is 5.67. The van der Waals surface area contributed by atoms with Crippen LogP contribution in [0.1, 0.15) is 28.4 Å². The fraction of sp³-hybridized carbons (Fsp3) is 0.188. The lowest BCUT2D eigenvalue weighted by atomic mass is 10.1. The first-order valence-corrected chi connectivity index (χ1v) is 7.90. The van der Waals surface area contributed by atoms with E-state index in [1.807, 2.05) is 0 Å². The molecule has 0 atom stereocenters. The van der Waals surface area contributed by atoms with E-state index in [0.29, 0.717) is 11.1 Å². The Hall–Kier alpha value is -2.18. The van der Waals surface area contributed by atoms with Gasteiger partial charge in [0.15, 0.2) is 5.65 Å². The molecule has 1 aromatic carbocycles. The van der Waals surface area contributed by atoms with E-state index in [9.17, 15) is 9.18 Å². The predicted octanol–water partition coefficient (Wildman–Crippen LogP) is 3.94. The average molecular weight is 368 g/mol. The van der Waals surface area contributed by atoms with Gasteiger partial charge in [-0.1, -0.05) is 41.4 Å². The lowest BCUT2D eigenvalue weighted by Gasteiger charge is -2.09. The number of carbonyl (C=O) groups is 1. The molecule has 5 nitrogen and oxygen atoms in total. The second kappa shape index (κ2) is 6.75. The van der Waals surface area contributed by atoms with Gasteiger partial charge in [-0.15, -0.1) is 0 Å². The lowest BCUT2D eigenvalue weighted by Crippen LogP contribution is -2.07. The van der Waals surface area contributed by atoms with Gasteiger partial charge in [-0.2, -0.15) is 5.10 Å². The molecule has 0 amide bonds. The predicted molar refractivity (Wildman–Crippen MR) is 88.2 cm³/mol. The van der Waals surface area contributed by atoms with Gasteiger partial charge in [0.1, 0.15) is 21.7 Å². The van der Waals surface area contributed by atoms with Crippen LogP contribution in [0.4, 0.5) is 4.39 Å². The van der Waals surface area contributed by atoms with Crippen molar-refractivity contribution in [1.29, 1.82) is 0 Å². The van der Waals surface area contributed by atoms with Crippen molar-refractivity contribution in [3.63, 3.8) is 0 Å². The highest BCUT2D eigenvalue weighted by Gasteiger charge is 2.21. The summed E-state index contributed by atoms with van der Waals surface area (Å²) in [5.41, 5.74) is 1.22. The van der Waals surface area contributed by atoms with Crippen LogP contribution in [0.3, 0.4) is 0 Å². The van der Waals surface area contributed by atoms with Crippen LogP contribution in [-0.4, -0.2) is 27.2 Å². The van der Waals surface area contributed by atoms with Crippen molar-refractivity contribution in [3.05, 3.63) is 63.3 Å². The van der Waals surface area contributed by atoms with E-state index in [1.54, 1.807) is 25.1 Å². The highest BCUT2D eigenvalue weighted by molar-refractivity contribution is 6.35. The molecule has 2 aromatic heterocycles. The highest BCUT2D eigenvalue weighted by atomic mass is 35.5. The van der Waals surface area contributed by atoms with Gasteiger partial charge in [0, 0.05) is 12.0 Å². The van der Waals surface area contributed by atoms with Crippen molar-refractivity contribution in [2.24, 2.45) is 0 Å². The van der Waals surface area contributed by atoms with E-state index in [0.717, 1.165) is 0 Å². The molecule has 0 aliphatic rings. The lowest BCUT2D eigenvalue weighted by molar-refractivity contribution is 0.0528. The molecule has 0 N–H and O–H groups in total. The van der Waals surface area contributed by atoms with Crippen molar-refractivity contribution in [3.8, 4) is 0 Å². The monoisotopic (exact) mass is 367 g/mol. The van der Waals surface area contributed by atoms with Crippen LogP contribution in [0.25, 0.3) is 5.65 Å². The van der Waals surface area contributed by atoms with Crippen LogP contribution in [0.2, 0.25) is 10.3 Å². The summed E-state index contributed by atoms with van der Waals surface area (Å²) >= 11 is 12.6. The topological polar surface area (TPSA) is 56.5 Å². The zero-order valence-corrected chi connectivity index (χ0v) is 14.1. The van der Waals surface area contributed by atoms with Crippen molar-refractivity contribution < 1.29 is 13.9 Å². The van der Waals surface area contributed by atoms with Crippen molar-refractivity contribution in [2.75, 3.05) is 6.61 Å². The molecular weight excluding hydrogens is 356 g/mol. The van der Waals surface area contributed by atoms with Crippen molar-refractivity contribution >= 4 is 34.8 Å². The number of fused-ring (bicyclic) bond motifs is 1. The Balaban J connectivity index is 2.08. The number of carbonyl (C=O) groups excluding carboxylic acids is 1. The summed E-state index contributed by atoms with van der Waals surface area (Å²) in [6.45, 7) is 1.92. The summed E-state index contributed by atoms with van der Waals surface area (Å²) < 4.78 is 20.1. The number of hydrogen-bond donors (Lipinski definition) is 0. The number of esters is 1. The highest BCUT2D eigenvalue weighted by Crippen LogP contribution is 2.28. The Bertz CT molecular complexity index is 927. The van der Waals surface area contributed by atoms with E-state index in [1.165, 1.54) is 16.8 Å². The van der Waals surface area contributed by atoms with Crippen molar-refractivity contribution in [2.45, 2.75) is 13.3 Å². The van der Waals surface area contributed by atoms with Gasteiger partial charge in [0.05, 0.1) is 12.8 Å². The van der Waals surface area contributed by atoms with E-state index >= 15 is 0 Å². The van der Waals surface area contributed by atoms with Gasteiger partial charge in [0.25, 0.3) is 0 Å². The van der Waals surface area contributed by atoms with E-state index in [2.05, 4.69) is 10.1 Å². The molecule has 24 heavy (non-hydrogen) atoms. The van der Waals surface area contributed by atoms with Gasteiger partial charge >= 0.3 is 5.97 Å². The maximum absolute atomic E-state index is 13.9. The Morgan fingerprint density at radius 3 is 2.79 bits per heavy atom. The SMILES string of the molecule is CCOC(=O)c1cnn2c(Cl)c(Cc3ccccc3F)c(Cl)nc12. The van der Waals surface area contributed by atoms with E-state index in [-0.39, 0.29) is 40.4 Å². The molecule has 0 unspecified atom stereocenters. The summed E-state index contributed by atoms with van der Waals surface area (Å²) in [5, 5.41) is 4.31. The molecule has 124 valence electrons. The first kappa shape index (κ1) is 16.7. The molecule has 0 fully saturated rings. The van der Waals surface area contributed by atoms with Gasteiger partial charge in [0.2, 0.25) is 0 Å². The van der Waals surface area contributed by atoms with Crippen LogP contribution >= 0.6 is 23.2 Å². The van der Waals surface area contributed by atoms with Crippen LogP contribution < -0.4 is 0 Å². The van der Waals surface area contributed by atoms with Gasteiger partial charge in [-0.05, 0) is 18.6 Å². The normalized spacial score (nSPS) is 11.0. The fourth-order valence-electron chi connectivity index (χ4n) is 2.30. The molecule has 0 spiro atoms.